The molecule has 0 bridgehead atoms. The highest BCUT2D eigenvalue weighted by Gasteiger charge is 2.46. The van der Waals surface area contributed by atoms with Crippen molar-refractivity contribution in [3.8, 4) is 0 Å². The minimum atomic E-state index is -2.95. The van der Waals surface area contributed by atoms with Crippen LogP contribution in [0, 0.1) is 5.82 Å². The number of rotatable bonds is 3. The van der Waals surface area contributed by atoms with Crippen LogP contribution < -0.4 is 10.6 Å². The molecule has 1 aliphatic rings. The quantitative estimate of drug-likeness (QED) is 0.778. The fraction of sp³-hybridized carbons (Fsp3) is 0.235. The topological polar surface area (TPSA) is 76.5 Å². The maximum absolute atomic E-state index is 14.1. The molecule has 1 atom stereocenters. The van der Waals surface area contributed by atoms with Crippen molar-refractivity contribution in [1.29, 1.82) is 0 Å². The monoisotopic (exact) mass is 361 g/mol. The summed E-state index contributed by atoms with van der Waals surface area (Å²) >= 11 is 0. The molecule has 1 amide bonds. The summed E-state index contributed by atoms with van der Waals surface area (Å²) in [6.07, 6.45) is 2.34. The van der Waals surface area contributed by atoms with Crippen LogP contribution in [0.25, 0.3) is 5.65 Å². The Morgan fingerprint density at radius 2 is 2.12 bits per heavy atom. The van der Waals surface area contributed by atoms with Crippen molar-refractivity contribution in [3.05, 3.63) is 59.7 Å². The van der Waals surface area contributed by atoms with Gasteiger partial charge in [-0.25, -0.2) is 22.7 Å². The van der Waals surface area contributed by atoms with Gasteiger partial charge in [-0.05, 0) is 23.8 Å². The molecule has 3 aromatic rings. The summed E-state index contributed by atoms with van der Waals surface area (Å²) in [5.41, 5.74) is 6.02. The molecular formula is C17H14F3N5O. The second kappa shape index (κ2) is 5.72. The van der Waals surface area contributed by atoms with Crippen molar-refractivity contribution in [3.63, 3.8) is 0 Å². The van der Waals surface area contributed by atoms with Crippen molar-refractivity contribution in [2.24, 2.45) is 5.73 Å². The normalized spacial score (nSPS) is 19.2. The summed E-state index contributed by atoms with van der Waals surface area (Å²) in [7, 11) is 0. The van der Waals surface area contributed by atoms with Crippen LogP contribution in [0.3, 0.4) is 0 Å². The predicted molar refractivity (Wildman–Crippen MR) is 87.6 cm³/mol. The highest BCUT2D eigenvalue weighted by atomic mass is 19.3. The summed E-state index contributed by atoms with van der Waals surface area (Å²) in [5.74, 6) is -3.91. The van der Waals surface area contributed by atoms with E-state index in [4.69, 9.17) is 5.73 Å². The molecule has 0 aliphatic carbocycles. The third-order valence-electron chi connectivity index (χ3n) is 4.42. The van der Waals surface area contributed by atoms with Gasteiger partial charge in [-0.3, -0.25) is 4.79 Å². The molecule has 0 spiro atoms. The molecule has 1 aromatic carbocycles. The SMILES string of the molecule is NC(=O)c1cnn2ccc(N3CC(F)(F)CC3c3cccc(F)c3)nc12. The third-order valence-corrected chi connectivity index (χ3v) is 4.42. The number of carbonyl (C=O) groups excluding carboxylic acids is 1. The van der Waals surface area contributed by atoms with Crippen LogP contribution in [0.5, 0.6) is 0 Å². The molecule has 9 heteroatoms. The number of anilines is 1. The first-order valence-corrected chi connectivity index (χ1v) is 7.88. The number of hydrogen-bond donors (Lipinski definition) is 1. The first-order chi connectivity index (χ1) is 12.3. The molecule has 2 aromatic heterocycles. The lowest BCUT2D eigenvalue weighted by molar-refractivity contribution is 0.0222. The molecule has 3 heterocycles. The van der Waals surface area contributed by atoms with Crippen LogP contribution in [0.1, 0.15) is 28.4 Å². The highest BCUT2D eigenvalue weighted by molar-refractivity contribution is 5.98. The van der Waals surface area contributed by atoms with Gasteiger partial charge in [0.2, 0.25) is 0 Å². The maximum Gasteiger partial charge on any atom is 0.267 e. The Labute approximate surface area is 146 Å². The van der Waals surface area contributed by atoms with E-state index in [1.54, 1.807) is 6.07 Å². The Balaban J connectivity index is 1.80. The van der Waals surface area contributed by atoms with E-state index in [1.165, 1.54) is 46.1 Å². The van der Waals surface area contributed by atoms with Gasteiger partial charge < -0.3 is 10.6 Å². The Morgan fingerprint density at radius 1 is 1.31 bits per heavy atom. The van der Waals surface area contributed by atoms with Gasteiger partial charge in [-0.2, -0.15) is 5.10 Å². The minimum absolute atomic E-state index is 0.0973. The van der Waals surface area contributed by atoms with Gasteiger partial charge in [-0.1, -0.05) is 12.1 Å². The molecule has 26 heavy (non-hydrogen) atoms. The highest BCUT2D eigenvalue weighted by Crippen LogP contribution is 2.43. The average molecular weight is 361 g/mol. The molecule has 4 rings (SSSR count). The lowest BCUT2D eigenvalue weighted by atomic mass is 10.0. The number of aromatic nitrogens is 3. The van der Waals surface area contributed by atoms with E-state index in [0.29, 0.717) is 5.56 Å². The zero-order chi connectivity index (χ0) is 18.5. The lowest BCUT2D eigenvalue weighted by Crippen LogP contribution is -2.27. The summed E-state index contributed by atoms with van der Waals surface area (Å²) in [6.45, 7) is -0.558. The summed E-state index contributed by atoms with van der Waals surface area (Å²) in [5, 5.41) is 3.96. The second-order valence-electron chi connectivity index (χ2n) is 6.24. The molecule has 1 aliphatic heterocycles. The first-order valence-electron chi connectivity index (χ1n) is 7.88. The van der Waals surface area contributed by atoms with Gasteiger partial charge >= 0.3 is 0 Å². The van der Waals surface area contributed by atoms with Crippen LogP contribution in [0.15, 0.2) is 42.7 Å². The van der Waals surface area contributed by atoms with Crippen LogP contribution in [-0.4, -0.2) is 33.0 Å². The molecule has 2 N–H and O–H groups in total. The number of amides is 1. The summed E-state index contributed by atoms with van der Waals surface area (Å²) in [6, 6.07) is 6.38. The number of nitrogens with zero attached hydrogens (tertiary/aromatic N) is 4. The van der Waals surface area contributed by atoms with E-state index in [-0.39, 0.29) is 17.0 Å². The van der Waals surface area contributed by atoms with Gasteiger partial charge in [-0.15, -0.1) is 0 Å². The zero-order valence-electron chi connectivity index (χ0n) is 13.4. The third kappa shape index (κ3) is 2.75. The second-order valence-corrected chi connectivity index (χ2v) is 6.24. The molecule has 1 saturated heterocycles. The number of nitrogens with two attached hydrogens (primary N) is 1. The molecule has 1 fully saturated rings. The zero-order valence-corrected chi connectivity index (χ0v) is 13.4. The van der Waals surface area contributed by atoms with Gasteiger partial charge in [0.1, 0.15) is 17.2 Å². The number of benzene rings is 1. The van der Waals surface area contributed by atoms with Gasteiger partial charge in [0.25, 0.3) is 11.8 Å². The molecular weight excluding hydrogens is 347 g/mol. The van der Waals surface area contributed by atoms with Crippen molar-refractivity contribution in [2.45, 2.75) is 18.4 Å². The van der Waals surface area contributed by atoms with E-state index in [9.17, 15) is 18.0 Å². The predicted octanol–water partition coefficient (Wildman–Crippen LogP) is 2.55. The fourth-order valence-corrected chi connectivity index (χ4v) is 3.26. The Morgan fingerprint density at radius 3 is 2.85 bits per heavy atom. The van der Waals surface area contributed by atoms with Crippen molar-refractivity contribution in [1.82, 2.24) is 14.6 Å². The van der Waals surface area contributed by atoms with E-state index >= 15 is 0 Å². The van der Waals surface area contributed by atoms with Crippen molar-refractivity contribution in [2.75, 3.05) is 11.4 Å². The lowest BCUT2D eigenvalue weighted by Gasteiger charge is -2.25. The molecule has 134 valence electrons. The first kappa shape index (κ1) is 16.4. The van der Waals surface area contributed by atoms with E-state index in [1.807, 2.05) is 0 Å². The van der Waals surface area contributed by atoms with Crippen molar-refractivity contribution >= 4 is 17.4 Å². The number of primary amides is 1. The minimum Gasteiger partial charge on any atom is -0.365 e. The number of hydrogen-bond acceptors (Lipinski definition) is 4. The molecule has 1 unspecified atom stereocenters. The smallest absolute Gasteiger partial charge is 0.267 e. The number of carbonyl (C=O) groups is 1. The van der Waals surface area contributed by atoms with E-state index < -0.39 is 36.7 Å². The maximum atomic E-state index is 14.1. The Hall–Kier alpha value is -3.10. The summed E-state index contributed by atoms with van der Waals surface area (Å²) < 4.78 is 43.2. The van der Waals surface area contributed by atoms with Crippen LogP contribution in [0.4, 0.5) is 19.0 Å². The van der Waals surface area contributed by atoms with E-state index in [2.05, 4.69) is 10.1 Å². The van der Waals surface area contributed by atoms with Crippen molar-refractivity contribution < 1.29 is 18.0 Å². The van der Waals surface area contributed by atoms with Gasteiger partial charge in [0.05, 0.1) is 18.8 Å². The Kier molecular flexibility index (Phi) is 3.60. The Bertz CT molecular complexity index is 1000. The number of halogens is 3. The molecule has 6 nitrogen and oxygen atoms in total. The van der Waals surface area contributed by atoms with Gasteiger partial charge in [0, 0.05) is 12.6 Å². The average Bonchev–Trinajstić information content (AvgIpc) is 3.14. The van der Waals surface area contributed by atoms with Crippen LogP contribution in [0.2, 0.25) is 0 Å². The number of fused-ring (bicyclic) bond motifs is 1. The standard InChI is InChI=1S/C17H14F3N5O/c18-11-3-1-2-10(6-11)13-7-17(19,20)9-24(13)14-4-5-25-16(23-14)12(8-22-25)15(21)26/h1-6,8,13H,7,9H2,(H2,21,26). The van der Waals surface area contributed by atoms with Crippen LogP contribution >= 0.6 is 0 Å². The fourth-order valence-electron chi connectivity index (χ4n) is 3.26. The largest absolute Gasteiger partial charge is 0.365 e. The molecule has 0 saturated carbocycles. The van der Waals surface area contributed by atoms with E-state index in [0.717, 1.165) is 0 Å². The number of alkyl halides is 2. The van der Waals surface area contributed by atoms with Gasteiger partial charge in [0.15, 0.2) is 5.65 Å². The molecule has 0 radical (unpaired) electrons. The summed E-state index contributed by atoms with van der Waals surface area (Å²) in [4.78, 5) is 17.2. The van der Waals surface area contributed by atoms with Crippen LogP contribution in [-0.2, 0) is 0 Å².